The fourth-order valence-electron chi connectivity index (χ4n) is 1.58. The fourth-order valence-corrected chi connectivity index (χ4v) is 4.97. The molecule has 0 N–H and O–H groups in total. The molecule has 0 aromatic rings. The Hall–Kier alpha value is 0.170. The molecule has 4 heteroatoms. The summed E-state index contributed by atoms with van der Waals surface area (Å²) in [5, 5.41) is 0. The van der Waals surface area contributed by atoms with Gasteiger partial charge in [0.15, 0.2) is 0 Å². The summed E-state index contributed by atoms with van der Waals surface area (Å²) < 4.78 is 11.8. The lowest BCUT2D eigenvalue weighted by Gasteiger charge is -2.30. The van der Waals surface area contributed by atoms with Crippen molar-refractivity contribution in [2.75, 3.05) is 11.5 Å². The third kappa shape index (κ3) is 4.68. The second-order valence-electron chi connectivity index (χ2n) is 3.53. The summed E-state index contributed by atoms with van der Waals surface area (Å²) in [5.41, 5.74) is 0. The molecule has 0 aliphatic heterocycles. The van der Waals surface area contributed by atoms with Gasteiger partial charge in [0.2, 0.25) is 0 Å². The van der Waals surface area contributed by atoms with E-state index >= 15 is 0 Å². The van der Waals surface area contributed by atoms with Gasteiger partial charge < -0.3 is 4.79 Å². The molecule has 0 aromatic carbocycles. The number of thioether (sulfide) groups is 1. The maximum atomic E-state index is 12.0. The maximum absolute atomic E-state index is 12.0. The molecule has 2 nitrogen and oxygen atoms in total. The van der Waals surface area contributed by atoms with Crippen molar-refractivity contribution in [3.05, 3.63) is 0 Å². The van der Waals surface area contributed by atoms with E-state index in [1.165, 1.54) is 0 Å². The van der Waals surface area contributed by atoms with E-state index in [4.69, 9.17) is 0 Å². The van der Waals surface area contributed by atoms with E-state index < -0.39 is 10.8 Å². The molecule has 15 heavy (non-hydrogen) atoms. The second kappa shape index (κ2) is 7.44. The van der Waals surface area contributed by atoms with Crippen LogP contribution in [0.3, 0.4) is 0 Å². The summed E-state index contributed by atoms with van der Waals surface area (Å²) in [6, 6.07) is 0. The molecule has 0 bridgehead atoms. The summed E-state index contributed by atoms with van der Waals surface area (Å²) in [6.07, 6.45) is 2.17. The van der Waals surface area contributed by atoms with Crippen molar-refractivity contribution in [3.63, 3.8) is 0 Å². The van der Waals surface area contributed by atoms with Gasteiger partial charge in [0.1, 0.15) is 5.78 Å². The smallest absolute Gasteiger partial charge is 0.129 e. The van der Waals surface area contributed by atoms with Crippen LogP contribution in [0, 0.1) is 0 Å². The van der Waals surface area contributed by atoms with E-state index in [1.807, 2.05) is 6.92 Å². The molecule has 0 saturated carbocycles. The molecule has 0 amide bonds. The van der Waals surface area contributed by atoms with Crippen molar-refractivity contribution in [1.82, 2.24) is 0 Å². The molecule has 2 atom stereocenters. The average molecular weight is 250 g/mol. The molecule has 0 aromatic heterocycles. The lowest BCUT2D eigenvalue weighted by atomic mass is 10.1. The van der Waals surface area contributed by atoms with E-state index in [1.54, 1.807) is 18.7 Å². The Morgan fingerprint density at radius 2 is 1.93 bits per heavy atom. The van der Waals surface area contributed by atoms with Crippen molar-refractivity contribution in [2.24, 2.45) is 0 Å². The highest BCUT2D eigenvalue weighted by Crippen LogP contribution is 2.37. The zero-order chi connectivity index (χ0) is 11.9. The van der Waals surface area contributed by atoms with Gasteiger partial charge in [-0.15, -0.1) is 11.8 Å². The fraction of sp³-hybridized carbons (Fsp3) is 0.909. The van der Waals surface area contributed by atoms with Crippen molar-refractivity contribution >= 4 is 28.3 Å². The summed E-state index contributed by atoms with van der Waals surface area (Å²) >= 11 is 1.75. The van der Waals surface area contributed by atoms with Crippen LogP contribution < -0.4 is 0 Å². The molecule has 0 fully saturated rings. The molecule has 0 radical (unpaired) electrons. The Morgan fingerprint density at radius 3 is 2.27 bits per heavy atom. The normalized spacial score (nSPS) is 17.1. The van der Waals surface area contributed by atoms with Gasteiger partial charge in [0.25, 0.3) is 0 Å². The number of carbonyl (C=O) groups excluding carboxylic acids is 1. The van der Waals surface area contributed by atoms with Crippen LogP contribution in [0.5, 0.6) is 0 Å². The summed E-state index contributed by atoms with van der Waals surface area (Å²) in [6.45, 7) is 7.70. The van der Waals surface area contributed by atoms with Gasteiger partial charge in [-0.3, -0.25) is 4.21 Å². The lowest BCUT2D eigenvalue weighted by Crippen LogP contribution is -2.32. The summed E-state index contributed by atoms with van der Waals surface area (Å²) in [4.78, 5) is 11.0. The predicted octanol–water partition coefficient (Wildman–Crippen LogP) is 2.98. The number of ketones is 1. The number of hydrogen-bond acceptors (Lipinski definition) is 3. The third-order valence-electron chi connectivity index (χ3n) is 2.48. The second-order valence-corrected chi connectivity index (χ2v) is 7.49. The van der Waals surface area contributed by atoms with Crippen LogP contribution in [0.25, 0.3) is 0 Å². The van der Waals surface area contributed by atoms with Gasteiger partial charge in [-0.05, 0) is 25.5 Å². The van der Waals surface area contributed by atoms with E-state index in [-0.39, 0.29) is 9.86 Å². The van der Waals surface area contributed by atoms with Crippen LogP contribution in [0.15, 0.2) is 0 Å². The average Bonchev–Trinajstić information content (AvgIpc) is 2.23. The highest BCUT2D eigenvalue weighted by Gasteiger charge is 2.33. The summed E-state index contributed by atoms with van der Waals surface area (Å²) in [5.74, 6) is 1.83. The van der Waals surface area contributed by atoms with E-state index in [0.717, 1.165) is 18.6 Å². The number of hydrogen-bond donors (Lipinski definition) is 0. The molecule has 0 rings (SSSR count). The molecule has 0 aliphatic rings. The Kier molecular flexibility index (Phi) is 7.53. The Labute approximate surface area is 100 Å². The van der Waals surface area contributed by atoms with E-state index in [0.29, 0.717) is 12.2 Å². The third-order valence-corrected chi connectivity index (χ3v) is 6.55. The van der Waals surface area contributed by atoms with Crippen LogP contribution in [-0.2, 0) is 15.6 Å². The standard InChI is InChI=1S/C11H22O2S2/c1-5-11(14-6-2,15(13)7-3)9-8-10(4)12/h5-9H2,1-4H3. The molecule has 2 unspecified atom stereocenters. The van der Waals surface area contributed by atoms with Crippen molar-refractivity contribution in [3.8, 4) is 0 Å². The Morgan fingerprint density at radius 1 is 1.33 bits per heavy atom. The first-order valence-electron chi connectivity index (χ1n) is 5.54. The van der Waals surface area contributed by atoms with Gasteiger partial charge in [-0.1, -0.05) is 20.8 Å². The number of rotatable bonds is 8. The lowest BCUT2D eigenvalue weighted by molar-refractivity contribution is -0.117. The molecule has 0 heterocycles. The van der Waals surface area contributed by atoms with E-state index in [2.05, 4.69) is 13.8 Å². The van der Waals surface area contributed by atoms with Gasteiger partial charge in [0, 0.05) is 23.0 Å². The molecular weight excluding hydrogens is 228 g/mol. The van der Waals surface area contributed by atoms with Crippen molar-refractivity contribution in [1.29, 1.82) is 0 Å². The SMILES string of the molecule is CCSC(CC)(CCC(C)=O)S(=O)CC. The first kappa shape index (κ1) is 15.2. The minimum absolute atomic E-state index is 0.192. The molecule has 0 spiro atoms. The first-order chi connectivity index (χ1) is 7.02. The molecule has 90 valence electrons. The highest BCUT2D eigenvalue weighted by molar-refractivity contribution is 8.12. The Bertz CT molecular complexity index is 229. The van der Waals surface area contributed by atoms with Crippen LogP contribution in [0.1, 0.15) is 47.0 Å². The molecule has 0 aliphatic carbocycles. The van der Waals surface area contributed by atoms with Gasteiger partial charge in [-0.25, -0.2) is 0 Å². The molecular formula is C11H22O2S2. The van der Waals surface area contributed by atoms with Crippen molar-refractivity contribution in [2.45, 2.75) is 51.0 Å². The zero-order valence-electron chi connectivity index (χ0n) is 10.2. The largest absolute Gasteiger partial charge is 0.300 e. The topological polar surface area (TPSA) is 34.1 Å². The zero-order valence-corrected chi connectivity index (χ0v) is 11.8. The minimum atomic E-state index is -0.829. The van der Waals surface area contributed by atoms with Crippen LogP contribution in [-0.4, -0.2) is 25.6 Å². The van der Waals surface area contributed by atoms with Crippen LogP contribution in [0.4, 0.5) is 0 Å². The molecule has 0 saturated heterocycles. The van der Waals surface area contributed by atoms with Crippen LogP contribution >= 0.6 is 11.8 Å². The Balaban J connectivity index is 4.64. The highest BCUT2D eigenvalue weighted by atomic mass is 32.2. The van der Waals surface area contributed by atoms with Gasteiger partial charge >= 0.3 is 0 Å². The minimum Gasteiger partial charge on any atom is -0.300 e. The summed E-state index contributed by atoms with van der Waals surface area (Å²) in [7, 11) is -0.829. The number of carbonyl (C=O) groups is 1. The predicted molar refractivity (Wildman–Crippen MR) is 69.8 cm³/mol. The number of Topliss-reactive ketones (excluding diaryl/α,β-unsaturated/α-hetero) is 1. The van der Waals surface area contributed by atoms with Gasteiger partial charge in [-0.2, -0.15) is 0 Å². The first-order valence-corrected chi connectivity index (χ1v) is 7.84. The van der Waals surface area contributed by atoms with Crippen LogP contribution in [0.2, 0.25) is 0 Å². The quantitative estimate of drug-likeness (QED) is 0.664. The van der Waals surface area contributed by atoms with Crippen molar-refractivity contribution < 1.29 is 9.00 Å². The van der Waals surface area contributed by atoms with Gasteiger partial charge in [0.05, 0.1) is 4.08 Å². The monoisotopic (exact) mass is 250 g/mol. The van der Waals surface area contributed by atoms with E-state index in [9.17, 15) is 9.00 Å². The maximum Gasteiger partial charge on any atom is 0.129 e.